The number of hydrogen-bond donors (Lipinski definition) is 0. The third-order valence-corrected chi connectivity index (χ3v) is 7.54. The predicted octanol–water partition coefficient (Wildman–Crippen LogP) is 6.08. The van der Waals surface area contributed by atoms with Gasteiger partial charge in [0.2, 0.25) is 0 Å². The first-order valence-corrected chi connectivity index (χ1v) is 13.2. The van der Waals surface area contributed by atoms with Crippen molar-refractivity contribution >= 4 is 34.8 Å². The minimum absolute atomic E-state index is 0.168. The van der Waals surface area contributed by atoms with Crippen molar-refractivity contribution in [3.63, 3.8) is 0 Å². The lowest BCUT2D eigenvalue weighted by atomic mass is 9.94. The Morgan fingerprint density at radius 3 is 2.53 bits per heavy atom. The van der Waals surface area contributed by atoms with E-state index in [0.717, 1.165) is 29.0 Å². The summed E-state index contributed by atoms with van der Waals surface area (Å²) in [4.78, 5) is 20.5. The van der Waals surface area contributed by atoms with Crippen LogP contribution in [0.1, 0.15) is 41.0 Å². The van der Waals surface area contributed by atoms with Crippen LogP contribution in [0.2, 0.25) is 10.0 Å². The van der Waals surface area contributed by atoms with Gasteiger partial charge in [-0.3, -0.25) is 4.79 Å². The fourth-order valence-corrected chi connectivity index (χ4v) is 5.56. The first-order valence-electron chi connectivity index (χ1n) is 12.4. The summed E-state index contributed by atoms with van der Waals surface area (Å²) in [5, 5.41) is 0.853. The van der Waals surface area contributed by atoms with Gasteiger partial charge in [-0.2, -0.15) is 0 Å². The Kier molecular flexibility index (Phi) is 7.41. The van der Waals surface area contributed by atoms with Gasteiger partial charge in [-0.15, -0.1) is 0 Å². The number of aromatic nitrogens is 2. The van der Waals surface area contributed by atoms with Gasteiger partial charge < -0.3 is 23.5 Å². The second-order valence-corrected chi connectivity index (χ2v) is 10.1. The highest BCUT2D eigenvalue weighted by atomic mass is 35.5. The van der Waals surface area contributed by atoms with Crippen LogP contribution in [0.15, 0.2) is 48.7 Å². The normalized spacial score (nSPS) is 14.9. The quantitative estimate of drug-likeness (QED) is 0.277. The summed E-state index contributed by atoms with van der Waals surface area (Å²) < 4.78 is 19.0. The molecular formula is C29H29Cl2N3O4. The van der Waals surface area contributed by atoms with Crippen LogP contribution < -0.4 is 14.2 Å². The standard InChI is InChI=1S/C29H29Cl2N3O4/c1-5-18-13-26-32-22-10-11-33(27(35)16-38-23-9-7-20(30)14-21(23)31)28(29(22)34(26)15-17(18)2)19-6-8-24(36-3)25(12-19)37-4/h6-9,12-15,28H,5,10-11,16H2,1-4H3. The highest BCUT2D eigenvalue weighted by Crippen LogP contribution is 2.40. The summed E-state index contributed by atoms with van der Waals surface area (Å²) in [6, 6.07) is 12.4. The van der Waals surface area contributed by atoms with E-state index in [2.05, 4.69) is 30.5 Å². The van der Waals surface area contributed by atoms with E-state index in [0.29, 0.717) is 40.3 Å². The molecule has 0 N–H and O–H groups in total. The molecule has 0 saturated carbocycles. The fraction of sp³-hybridized carbons (Fsp3) is 0.310. The molecule has 1 unspecified atom stereocenters. The molecule has 7 nitrogen and oxygen atoms in total. The largest absolute Gasteiger partial charge is 0.493 e. The lowest BCUT2D eigenvalue weighted by Gasteiger charge is -2.36. The molecule has 3 heterocycles. The molecule has 0 bridgehead atoms. The second kappa shape index (κ2) is 10.8. The van der Waals surface area contributed by atoms with E-state index in [9.17, 15) is 4.79 Å². The molecule has 9 heteroatoms. The number of imidazole rings is 1. The number of pyridine rings is 1. The van der Waals surface area contributed by atoms with Crippen molar-refractivity contribution in [3.05, 3.63) is 86.8 Å². The average molecular weight is 554 g/mol. The van der Waals surface area contributed by atoms with Crippen molar-refractivity contribution in [2.75, 3.05) is 27.4 Å². The van der Waals surface area contributed by atoms with Gasteiger partial charge in [0.25, 0.3) is 5.91 Å². The molecule has 5 rings (SSSR count). The lowest BCUT2D eigenvalue weighted by molar-refractivity contribution is -0.135. The van der Waals surface area contributed by atoms with Crippen molar-refractivity contribution in [2.45, 2.75) is 32.7 Å². The van der Waals surface area contributed by atoms with E-state index < -0.39 is 6.04 Å². The van der Waals surface area contributed by atoms with E-state index in [1.54, 1.807) is 32.4 Å². The molecule has 1 aliphatic rings. The predicted molar refractivity (Wildman–Crippen MR) is 148 cm³/mol. The molecule has 2 aromatic heterocycles. The molecule has 0 fully saturated rings. The highest BCUT2D eigenvalue weighted by molar-refractivity contribution is 6.35. The molecule has 4 aromatic rings. The molecule has 2 aromatic carbocycles. The van der Waals surface area contributed by atoms with Gasteiger partial charge in [-0.1, -0.05) is 36.2 Å². The number of carbonyl (C=O) groups excluding carboxylic acids is 1. The Bertz CT molecular complexity index is 1520. The van der Waals surface area contributed by atoms with Crippen molar-refractivity contribution in [1.29, 1.82) is 0 Å². The average Bonchev–Trinajstić information content (AvgIpc) is 3.28. The van der Waals surface area contributed by atoms with Crippen LogP contribution >= 0.6 is 23.2 Å². The number of halogens is 2. The Labute approximate surface area is 231 Å². The maximum absolute atomic E-state index is 13.7. The van der Waals surface area contributed by atoms with E-state index in [-0.39, 0.29) is 12.5 Å². The number of amides is 1. The SMILES string of the molecule is CCc1cc2nc3c(n2cc1C)C(c1ccc(OC)c(OC)c1)N(C(=O)COc1ccc(Cl)cc1Cl)CC3. The summed E-state index contributed by atoms with van der Waals surface area (Å²) in [6.45, 7) is 4.56. The van der Waals surface area contributed by atoms with E-state index >= 15 is 0 Å². The third kappa shape index (κ3) is 4.76. The van der Waals surface area contributed by atoms with Gasteiger partial charge >= 0.3 is 0 Å². The van der Waals surface area contributed by atoms with Crippen LogP contribution in [0.4, 0.5) is 0 Å². The smallest absolute Gasteiger partial charge is 0.261 e. The molecular weight excluding hydrogens is 525 g/mol. The number of hydrogen-bond acceptors (Lipinski definition) is 5. The number of aryl methyl sites for hydroxylation is 2. The molecule has 0 radical (unpaired) electrons. The highest BCUT2D eigenvalue weighted by Gasteiger charge is 2.36. The molecule has 1 atom stereocenters. The zero-order valence-corrected chi connectivity index (χ0v) is 23.3. The van der Waals surface area contributed by atoms with Crippen LogP contribution in [0, 0.1) is 6.92 Å². The molecule has 0 saturated heterocycles. The Morgan fingerprint density at radius 1 is 1.05 bits per heavy atom. The summed E-state index contributed by atoms with van der Waals surface area (Å²) in [6.07, 6.45) is 3.68. The van der Waals surface area contributed by atoms with Gasteiger partial charge in [0.15, 0.2) is 18.1 Å². The third-order valence-electron chi connectivity index (χ3n) is 7.01. The summed E-state index contributed by atoms with van der Waals surface area (Å²) in [7, 11) is 3.20. The van der Waals surface area contributed by atoms with Crippen LogP contribution in [0.5, 0.6) is 17.2 Å². The number of carbonyl (C=O) groups is 1. The first-order chi connectivity index (χ1) is 18.3. The van der Waals surface area contributed by atoms with Crippen molar-refractivity contribution in [1.82, 2.24) is 14.3 Å². The number of benzene rings is 2. The van der Waals surface area contributed by atoms with Crippen LogP contribution in [-0.2, 0) is 17.6 Å². The van der Waals surface area contributed by atoms with E-state index in [1.807, 2.05) is 23.1 Å². The Hall–Kier alpha value is -3.42. The molecule has 1 amide bonds. The molecule has 38 heavy (non-hydrogen) atoms. The summed E-state index contributed by atoms with van der Waals surface area (Å²) in [5.74, 6) is 1.44. The van der Waals surface area contributed by atoms with Gasteiger partial charge in [-0.05, 0) is 66.4 Å². The number of methoxy groups -OCH3 is 2. The Balaban J connectivity index is 1.58. The van der Waals surface area contributed by atoms with E-state index in [1.165, 1.54) is 11.1 Å². The maximum atomic E-state index is 13.7. The zero-order valence-electron chi connectivity index (χ0n) is 21.8. The summed E-state index contributed by atoms with van der Waals surface area (Å²) >= 11 is 12.3. The lowest BCUT2D eigenvalue weighted by Crippen LogP contribution is -2.43. The second-order valence-electron chi connectivity index (χ2n) is 9.22. The summed E-state index contributed by atoms with van der Waals surface area (Å²) in [5.41, 5.74) is 6.13. The van der Waals surface area contributed by atoms with Gasteiger partial charge in [0.05, 0.1) is 36.7 Å². The minimum atomic E-state index is -0.405. The number of ether oxygens (including phenoxy) is 3. The molecule has 1 aliphatic heterocycles. The Morgan fingerprint density at radius 2 is 1.82 bits per heavy atom. The minimum Gasteiger partial charge on any atom is -0.493 e. The van der Waals surface area contributed by atoms with Crippen LogP contribution in [0.25, 0.3) is 5.65 Å². The first kappa shape index (κ1) is 26.2. The van der Waals surface area contributed by atoms with E-state index in [4.69, 9.17) is 42.4 Å². The number of rotatable bonds is 7. The zero-order chi connectivity index (χ0) is 27.0. The monoisotopic (exact) mass is 553 g/mol. The number of nitrogens with zero attached hydrogens (tertiary/aromatic N) is 3. The molecule has 198 valence electrons. The van der Waals surface area contributed by atoms with Crippen LogP contribution in [-0.4, -0.2) is 47.6 Å². The number of fused-ring (bicyclic) bond motifs is 3. The molecule has 0 spiro atoms. The van der Waals surface area contributed by atoms with Gasteiger partial charge in [-0.25, -0.2) is 4.98 Å². The van der Waals surface area contributed by atoms with Gasteiger partial charge in [0.1, 0.15) is 11.4 Å². The van der Waals surface area contributed by atoms with Crippen molar-refractivity contribution in [2.24, 2.45) is 0 Å². The fourth-order valence-electron chi connectivity index (χ4n) is 5.10. The van der Waals surface area contributed by atoms with Crippen molar-refractivity contribution in [3.8, 4) is 17.2 Å². The maximum Gasteiger partial charge on any atom is 0.261 e. The van der Waals surface area contributed by atoms with Crippen molar-refractivity contribution < 1.29 is 19.0 Å². The van der Waals surface area contributed by atoms with Gasteiger partial charge in [0, 0.05) is 24.2 Å². The molecule has 0 aliphatic carbocycles. The topological polar surface area (TPSA) is 65.3 Å². The van der Waals surface area contributed by atoms with Crippen LogP contribution in [0.3, 0.4) is 0 Å².